The molecule has 0 saturated carbocycles. The number of carbonyl (C=O) groups is 1. The highest BCUT2D eigenvalue weighted by molar-refractivity contribution is 9.10. The Morgan fingerprint density at radius 1 is 1.13 bits per heavy atom. The Morgan fingerprint density at radius 2 is 1.91 bits per heavy atom. The van der Waals surface area contributed by atoms with Crippen LogP contribution in [0.1, 0.15) is 18.5 Å². The first-order valence-corrected chi connectivity index (χ1v) is 7.87. The Labute approximate surface area is 144 Å². The fourth-order valence-corrected chi connectivity index (χ4v) is 2.54. The van der Waals surface area contributed by atoms with Crippen LogP contribution in [0.25, 0.3) is 0 Å². The van der Waals surface area contributed by atoms with Crippen LogP contribution in [0, 0.1) is 0 Å². The Bertz CT molecular complexity index is 691. The van der Waals surface area contributed by atoms with Crippen molar-refractivity contribution in [1.29, 1.82) is 0 Å². The number of rotatable bonds is 5. The van der Waals surface area contributed by atoms with Crippen molar-refractivity contribution in [2.75, 3.05) is 19.5 Å². The molecule has 2 aromatic rings. The summed E-state index contributed by atoms with van der Waals surface area (Å²) in [6, 6.07) is 12.6. The van der Waals surface area contributed by atoms with Gasteiger partial charge in [-0.2, -0.15) is 0 Å². The maximum atomic E-state index is 12.2. The SMILES string of the molecule is COc1ccc(OC)c(NC(=O)N[C@@H](C)c2cccc(Br)c2)c1. The summed E-state index contributed by atoms with van der Waals surface area (Å²) in [4.78, 5) is 12.2. The summed E-state index contributed by atoms with van der Waals surface area (Å²) < 4.78 is 11.4. The van der Waals surface area contributed by atoms with E-state index in [0.29, 0.717) is 17.2 Å². The number of benzene rings is 2. The van der Waals surface area contributed by atoms with Crippen LogP contribution in [0.5, 0.6) is 11.5 Å². The lowest BCUT2D eigenvalue weighted by Crippen LogP contribution is -2.31. The van der Waals surface area contributed by atoms with E-state index in [9.17, 15) is 4.79 Å². The standard InChI is InChI=1S/C17H19BrN2O3/c1-11(12-5-4-6-13(18)9-12)19-17(21)20-15-10-14(22-2)7-8-16(15)23-3/h4-11H,1-3H3,(H2,19,20,21)/t11-/m0/s1. The summed E-state index contributed by atoms with van der Waals surface area (Å²) in [5.74, 6) is 1.21. The van der Waals surface area contributed by atoms with E-state index in [4.69, 9.17) is 9.47 Å². The molecular formula is C17H19BrN2O3. The van der Waals surface area contributed by atoms with Crippen LogP contribution in [0.4, 0.5) is 10.5 Å². The van der Waals surface area contributed by atoms with E-state index in [1.165, 1.54) is 0 Å². The van der Waals surface area contributed by atoms with E-state index in [1.807, 2.05) is 31.2 Å². The van der Waals surface area contributed by atoms with Crippen LogP contribution >= 0.6 is 15.9 Å². The zero-order valence-corrected chi connectivity index (χ0v) is 14.8. The van der Waals surface area contributed by atoms with E-state index < -0.39 is 0 Å². The first-order valence-electron chi connectivity index (χ1n) is 7.08. The summed E-state index contributed by atoms with van der Waals surface area (Å²) >= 11 is 3.43. The minimum absolute atomic E-state index is 0.135. The quantitative estimate of drug-likeness (QED) is 0.812. The van der Waals surface area contributed by atoms with Crippen LogP contribution in [0.15, 0.2) is 46.9 Å². The van der Waals surface area contributed by atoms with Gasteiger partial charge in [-0.1, -0.05) is 28.1 Å². The second-order valence-electron chi connectivity index (χ2n) is 4.94. The molecule has 2 N–H and O–H groups in total. The maximum absolute atomic E-state index is 12.2. The van der Waals surface area contributed by atoms with Gasteiger partial charge < -0.3 is 20.1 Å². The Morgan fingerprint density at radius 3 is 2.57 bits per heavy atom. The number of halogens is 1. The number of anilines is 1. The summed E-state index contributed by atoms with van der Waals surface area (Å²) in [7, 11) is 3.12. The number of ether oxygens (including phenoxy) is 2. The van der Waals surface area contributed by atoms with Crippen molar-refractivity contribution < 1.29 is 14.3 Å². The summed E-state index contributed by atoms with van der Waals surface area (Å²) in [5.41, 5.74) is 1.55. The van der Waals surface area contributed by atoms with Crippen molar-refractivity contribution in [3.05, 3.63) is 52.5 Å². The zero-order valence-electron chi connectivity index (χ0n) is 13.2. The Hall–Kier alpha value is -2.21. The molecule has 2 amide bonds. The normalized spacial score (nSPS) is 11.5. The van der Waals surface area contributed by atoms with E-state index in [2.05, 4.69) is 26.6 Å². The molecule has 0 saturated heterocycles. The van der Waals surface area contributed by atoms with Gasteiger partial charge in [0, 0.05) is 10.5 Å². The van der Waals surface area contributed by atoms with E-state index >= 15 is 0 Å². The number of amides is 2. The molecule has 0 bridgehead atoms. The number of carbonyl (C=O) groups excluding carboxylic acids is 1. The topological polar surface area (TPSA) is 59.6 Å². The molecule has 0 fully saturated rings. The number of nitrogens with one attached hydrogen (secondary N) is 2. The van der Waals surface area contributed by atoms with Crippen molar-refractivity contribution >= 4 is 27.6 Å². The molecule has 0 aromatic heterocycles. The van der Waals surface area contributed by atoms with Crippen molar-refractivity contribution in [2.45, 2.75) is 13.0 Å². The van der Waals surface area contributed by atoms with Crippen LogP contribution in [0.3, 0.4) is 0 Å². The number of urea groups is 1. The van der Waals surface area contributed by atoms with Crippen LogP contribution in [-0.2, 0) is 0 Å². The predicted molar refractivity (Wildman–Crippen MR) is 94.3 cm³/mol. The van der Waals surface area contributed by atoms with E-state index in [-0.39, 0.29) is 12.1 Å². The average Bonchev–Trinajstić information content (AvgIpc) is 2.54. The minimum atomic E-state index is -0.316. The van der Waals surface area contributed by atoms with Gasteiger partial charge in [0.05, 0.1) is 25.9 Å². The Kier molecular flexibility index (Phi) is 5.87. The molecular weight excluding hydrogens is 360 g/mol. The first kappa shape index (κ1) is 17.1. The third-order valence-corrected chi connectivity index (χ3v) is 3.84. The van der Waals surface area contributed by atoms with Crippen LogP contribution in [-0.4, -0.2) is 20.3 Å². The van der Waals surface area contributed by atoms with Crippen LogP contribution < -0.4 is 20.1 Å². The largest absolute Gasteiger partial charge is 0.497 e. The molecule has 0 unspecified atom stereocenters. The van der Waals surface area contributed by atoms with Crippen molar-refractivity contribution in [3.8, 4) is 11.5 Å². The predicted octanol–water partition coefficient (Wildman–Crippen LogP) is 4.35. The van der Waals surface area contributed by atoms with Gasteiger partial charge in [-0.15, -0.1) is 0 Å². The minimum Gasteiger partial charge on any atom is -0.497 e. The lowest BCUT2D eigenvalue weighted by Gasteiger charge is -2.17. The van der Waals surface area contributed by atoms with Crippen LogP contribution in [0.2, 0.25) is 0 Å². The fraction of sp³-hybridized carbons (Fsp3) is 0.235. The highest BCUT2D eigenvalue weighted by atomic mass is 79.9. The molecule has 0 aliphatic heterocycles. The fourth-order valence-electron chi connectivity index (χ4n) is 2.13. The summed E-state index contributed by atoms with van der Waals surface area (Å²) in [6.07, 6.45) is 0. The number of hydrogen-bond donors (Lipinski definition) is 2. The molecule has 0 spiro atoms. The molecule has 6 heteroatoms. The molecule has 0 heterocycles. The van der Waals surface area contributed by atoms with Gasteiger partial charge in [0.2, 0.25) is 0 Å². The third kappa shape index (κ3) is 4.63. The van der Waals surface area contributed by atoms with Gasteiger partial charge in [-0.25, -0.2) is 4.79 Å². The molecule has 1 atom stereocenters. The highest BCUT2D eigenvalue weighted by Crippen LogP contribution is 2.29. The molecule has 5 nitrogen and oxygen atoms in total. The van der Waals surface area contributed by atoms with Crippen molar-refractivity contribution in [1.82, 2.24) is 5.32 Å². The second kappa shape index (κ2) is 7.87. The zero-order chi connectivity index (χ0) is 16.8. The molecule has 0 radical (unpaired) electrons. The van der Waals surface area contributed by atoms with Gasteiger partial charge in [-0.05, 0) is 36.8 Å². The molecule has 0 aliphatic rings. The van der Waals surface area contributed by atoms with E-state index in [0.717, 1.165) is 10.0 Å². The smallest absolute Gasteiger partial charge is 0.319 e. The second-order valence-corrected chi connectivity index (χ2v) is 5.86. The molecule has 2 rings (SSSR count). The van der Waals surface area contributed by atoms with Gasteiger partial charge in [0.15, 0.2) is 0 Å². The van der Waals surface area contributed by atoms with Gasteiger partial charge in [0.25, 0.3) is 0 Å². The number of hydrogen-bond acceptors (Lipinski definition) is 3. The van der Waals surface area contributed by atoms with Crippen molar-refractivity contribution in [3.63, 3.8) is 0 Å². The Balaban J connectivity index is 2.07. The van der Waals surface area contributed by atoms with Gasteiger partial charge >= 0.3 is 6.03 Å². The third-order valence-electron chi connectivity index (χ3n) is 3.35. The molecule has 122 valence electrons. The average molecular weight is 379 g/mol. The van der Waals surface area contributed by atoms with E-state index in [1.54, 1.807) is 32.4 Å². The lowest BCUT2D eigenvalue weighted by molar-refractivity contribution is 0.249. The van der Waals surface area contributed by atoms with Gasteiger partial charge in [-0.3, -0.25) is 0 Å². The summed E-state index contributed by atoms with van der Waals surface area (Å²) in [5, 5.41) is 5.68. The van der Waals surface area contributed by atoms with Gasteiger partial charge in [0.1, 0.15) is 11.5 Å². The first-order chi connectivity index (χ1) is 11.0. The molecule has 0 aliphatic carbocycles. The molecule has 2 aromatic carbocycles. The highest BCUT2D eigenvalue weighted by Gasteiger charge is 2.12. The lowest BCUT2D eigenvalue weighted by atomic mass is 10.1. The number of methoxy groups -OCH3 is 2. The monoisotopic (exact) mass is 378 g/mol. The maximum Gasteiger partial charge on any atom is 0.319 e. The summed E-state index contributed by atoms with van der Waals surface area (Å²) in [6.45, 7) is 1.92. The molecule has 23 heavy (non-hydrogen) atoms. The van der Waals surface area contributed by atoms with Crippen molar-refractivity contribution in [2.24, 2.45) is 0 Å².